The summed E-state index contributed by atoms with van der Waals surface area (Å²) in [6, 6.07) is 0.283. The van der Waals surface area contributed by atoms with Gasteiger partial charge in [-0.1, -0.05) is 0 Å². The highest BCUT2D eigenvalue weighted by Gasteiger charge is 2.65. The highest BCUT2D eigenvalue weighted by atomic mass is 16.7. The molecule has 94 valence electrons. The van der Waals surface area contributed by atoms with Crippen molar-refractivity contribution in [2.24, 2.45) is 5.92 Å². The predicted octanol–water partition coefficient (Wildman–Crippen LogP) is 0.548. The summed E-state index contributed by atoms with van der Waals surface area (Å²) in [7, 11) is 1.55. The molecule has 17 heavy (non-hydrogen) atoms. The second-order valence-corrected chi connectivity index (χ2v) is 5.66. The third kappa shape index (κ3) is 1.21. The van der Waals surface area contributed by atoms with Gasteiger partial charge in [0.25, 0.3) is 5.91 Å². The van der Waals surface area contributed by atoms with Crippen LogP contribution in [0, 0.1) is 5.92 Å². The molecule has 0 spiro atoms. The summed E-state index contributed by atoms with van der Waals surface area (Å²) in [5.74, 6) is -0.593. The van der Waals surface area contributed by atoms with Crippen LogP contribution in [-0.4, -0.2) is 46.5 Å². The van der Waals surface area contributed by atoms with Gasteiger partial charge in [0, 0.05) is 13.1 Å². The Morgan fingerprint density at radius 1 is 1.35 bits per heavy atom. The van der Waals surface area contributed by atoms with Crippen molar-refractivity contribution in [3.05, 3.63) is 0 Å². The molecule has 0 aromatic heterocycles. The molecule has 0 aliphatic carbocycles. The lowest BCUT2D eigenvalue weighted by atomic mass is 9.76. The predicted molar refractivity (Wildman–Crippen MR) is 59.7 cm³/mol. The molecule has 3 saturated heterocycles. The molecular formula is C12H18N2O3. The van der Waals surface area contributed by atoms with Crippen molar-refractivity contribution in [3.8, 4) is 0 Å². The first kappa shape index (κ1) is 11.2. The molecule has 0 aromatic carbocycles. The lowest BCUT2D eigenvalue weighted by Crippen LogP contribution is -2.54. The summed E-state index contributed by atoms with van der Waals surface area (Å²) in [5, 5.41) is 1.91. The number of likely N-dealkylation sites (tertiary alicyclic amines) is 1. The number of carbonyl (C=O) groups excluding carboxylic acids is 2. The van der Waals surface area contributed by atoms with E-state index in [-0.39, 0.29) is 29.3 Å². The molecule has 4 atom stereocenters. The van der Waals surface area contributed by atoms with Gasteiger partial charge in [0.1, 0.15) is 0 Å². The second-order valence-electron chi connectivity index (χ2n) is 5.66. The number of fused-ring (bicyclic) bond motifs is 3. The number of hydroxylamine groups is 2. The Hall–Kier alpha value is -0.940. The highest BCUT2D eigenvalue weighted by Crippen LogP contribution is 2.48. The molecule has 5 nitrogen and oxygen atoms in total. The molecule has 0 radical (unpaired) electrons. The Morgan fingerprint density at radius 3 is 2.76 bits per heavy atom. The van der Waals surface area contributed by atoms with Crippen molar-refractivity contribution >= 4 is 11.8 Å². The van der Waals surface area contributed by atoms with E-state index in [1.54, 1.807) is 7.05 Å². The van der Waals surface area contributed by atoms with E-state index in [9.17, 15) is 9.59 Å². The maximum absolute atomic E-state index is 12.2. The maximum atomic E-state index is 12.2. The average molecular weight is 238 g/mol. The minimum absolute atomic E-state index is 0.0842. The van der Waals surface area contributed by atoms with Gasteiger partial charge in [-0.2, -0.15) is 5.06 Å². The zero-order chi connectivity index (χ0) is 12.4. The van der Waals surface area contributed by atoms with Gasteiger partial charge in [0.2, 0.25) is 5.91 Å². The lowest BCUT2D eigenvalue weighted by Gasteiger charge is -2.43. The maximum Gasteiger partial charge on any atom is 0.261 e. The van der Waals surface area contributed by atoms with Gasteiger partial charge >= 0.3 is 0 Å². The first-order chi connectivity index (χ1) is 7.97. The van der Waals surface area contributed by atoms with Crippen LogP contribution in [0.4, 0.5) is 0 Å². The first-order valence-electron chi connectivity index (χ1n) is 6.24. The monoisotopic (exact) mass is 238 g/mol. The number of rotatable bonds is 0. The zero-order valence-corrected chi connectivity index (χ0v) is 10.5. The van der Waals surface area contributed by atoms with Gasteiger partial charge in [0.05, 0.1) is 11.5 Å². The molecule has 0 saturated carbocycles. The Morgan fingerprint density at radius 2 is 2.06 bits per heavy atom. The fourth-order valence-electron chi connectivity index (χ4n) is 3.60. The first-order valence-corrected chi connectivity index (χ1v) is 6.24. The van der Waals surface area contributed by atoms with Crippen LogP contribution in [0.15, 0.2) is 0 Å². The zero-order valence-electron chi connectivity index (χ0n) is 10.5. The van der Waals surface area contributed by atoms with E-state index in [2.05, 4.69) is 13.8 Å². The third-order valence-corrected chi connectivity index (χ3v) is 4.58. The molecule has 0 unspecified atom stereocenters. The molecule has 3 aliphatic rings. The van der Waals surface area contributed by atoms with E-state index in [0.29, 0.717) is 0 Å². The van der Waals surface area contributed by atoms with Crippen LogP contribution < -0.4 is 0 Å². The lowest BCUT2D eigenvalue weighted by molar-refractivity contribution is -0.223. The molecule has 3 heterocycles. The van der Waals surface area contributed by atoms with Crippen molar-refractivity contribution in [1.29, 1.82) is 0 Å². The average Bonchev–Trinajstić information content (AvgIpc) is 2.70. The van der Waals surface area contributed by atoms with Crippen LogP contribution in [-0.2, 0) is 14.4 Å². The molecule has 3 rings (SSSR count). The van der Waals surface area contributed by atoms with Crippen molar-refractivity contribution in [1.82, 2.24) is 9.96 Å². The molecule has 0 aromatic rings. The third-order valence-electron chi connectivity index (χ3n) is 4.58. The standard InChI is InChI=1S/C12H18N2O3/c1-7-5-4-6-12(2)8-9(17-14(7)12)11(16)13(3)10(8)15/h7-9H,4-6H2,1-3H3/t7-,8+,9-,12+/m1/s1. The largest absolute Gasteiger partial charge is 0.284 e. The number of amides is 2. The molecule has 0 N–H and O–H groups in total. The highest BCUT2D eigenvalue weighted by molar-refractivity contribution is 6.07. The van der Waals surface area contributed by atoms with Gasteiger partial charge < -0.3 is 0 Å². The minimum Gasteiger partial charge on any atom is -0.284 e. The number of carbonyl (C=O) groups is 2. The topological polar surface area (TPSA) is 49.9 Å². The fraction of sp³-hybridized carbons (Fsp3) is 0.833. The summed E-state index contributed by atoms with van der Waals surface area (Å²) < 4.78 is 0. The van der Waals surface area contributed by atoms with E-state index in [1.807, 2.05) is 5.06 Å². The van der Waals surface area contributed by atoms with Crippen molar-refractivity contribution in [3.63, 3.8) is 0 Å². The van der Waals surface area contributed by atoms with Gasteiger partial charge in [-0.25, -0.2) is 0 Å². The summed E-state index contributed by atoms with van der Waals surface area (Å²) in [6.45, 7) is 4.15. The molecular weight excluding hydrogens is 220 g/mol. The molecule has 3 fully saturated rings. The van der Waals surface area contributed by atoms with Crippen molar-refractivity contribution in [2.75, 3.05) is 7.05 Å². The summed E-state index contributed by atoms with van der Waals surface area (Å²) in [6.07, 6.45) is 2.49. The van der Waals surface area contributed by atoms with Gasteiger partial charge in [-0.15, -0.1) is 0 Å². The van der Waals surface area contributed by atoms with Crippen molar-refractivity contribution < 1.29 is 14.4 Å². The van der Waals surface area contributed by atoms with Crippen LogP contribution in [0.5, 0.6) is 0 Å². The van der Waals surface area contributed by atoms with Gasteiger partial charge in [-0.05, 0) is 33.1 Å². The van der Waals surface area contributed by atoms with Crippen molar-refractivity contribution in [2.45, 2.75) is 50.8 Å². The Kier molecular flexibility index (Phi) is 2.16. The molecule has 0 bridgehead atoms. The number of piperidine rings is 1. The summed E-state index contributed by atoms with van der Waals surface area (Å²) in [5.41, 5.74) is -0.306. The van der Waals surface area contributed by atoms with E-state index in [4.69, 9.17) is 4.84 Å². The Labute approximate surface area is 101 Å². The minimum atomic E-state index is -0.585. The number of nitrogens with zero attached hydrogens (tertiary/aromatic N) is 2. The van der Waals surface area contributed by atoms with E-state index >= 15 is 0 Å². The summed E-state index contributed by atoms with van der Waals surface area (Å²) in [4.78, 5) is 31.1. The molecule has 2 amide bonds. The molecule has 5 heteroatoms. The van der Waals surface area contributed by atoms with Gasteiger partial charge in [0.15, 0.2) is 6.10 Å². The Bertz CT molecular complexity index is 397. The summed E-state index contributed by atoms with van der Waals surface area (Å²) >= 11 is 0. The van der Waals surface area contributed by atoms with E-state index in [1.165, 1.54) is 4.90 Å². The smallest absolute Gasteiger partial charge is 0.261 e. The van der Waals surface area contributed by atoms with Gasteiger partial charge in [-0.3, -0.25) is 19.3 Å². The van der Waals surface area contributed by atoms with Crippen LogP contribution in [0.1, 0.15) is 33.1 Å². The normalized spacial score (nSPS) is 46.3. The van der Waals surface area contributed by atoms with Crippen LogP contribution in [0.3, 0.4) is 0 Å². The molecule has 3 aliphatic heterocycles. The fourth-order valence-corrected chi connectivity index (χ4v) is 3.60. The van der Waals surface area contributed by atoms with Crippen LogP contribution in [0.25, 0.3) is 0 Å². The SMILES string of the molecule is C[C@@H]1CCC[C@@]2(C)[C@@H]3C(=O)N(C)C(=O)[C@@H]3ON12. The quantitative estimate of drug-likeness (QED) is 0.578. The number of hydrogen-bond acceptors (Lipinski definition) is 4. The second kappa shape index (κ2) is 3.29. The van der Waals surface area contributed by atoms with E-state index in [0.717, 1.165) is 19.3 Å². The van der Waals surface area contributed by atoms with Crippen LogP contribution in [0.2, 0.25) is 0 Å². The number of hydrogen-bond donors (Lipinski definition) is 0. The number of imide groups is 1. The van der Waals surface area contributed by atoms with Crippen LogP contribution >= 0.6 is 0 Å². The van der Waals surface area contributed by atoms with E-state index < -0.39 is 6.10 Å². The Balaban J connectivity index is 2.01. The number of likely N-dealkylation sites (N-methyl/N-ethyl adjacent to an activating group) is 1.